The van der Waals surface area contributed by atoms with Crippen LogP contribution in [0.2, 0.25) is 19.6 Å². The van der Waals surface area contributed by atoms with Crippen molar-refractivity contribution in [3.63, 3.8) is 0 Å². The number of nitrogens with zero attached hydrogens (tertiary/aromatic N) is 4. The predicted octanol–water partition coefficient (Wildman–Crippen LogP) is 4.47. The van der Waals surface area contributed by atoms with Gasteiger partial charge in [0.15, 0.2) is 8.24 Å². The average Bonchev–Trinajstić information content (AvgIpc) is 2.90. The zero-order valence-corrected chi connectivity index (χ0v) is 20.4. The zero-order valence-electron chi connectivity index (χ0n) is 18.6. The van der Waals surface area contributed by atoms with Crippen LogP contribution in [-0.2, 0) is 16.4 Å². The van der Waals surface area contributed by atoms with E-state index in [0.29, 0.717) is 29.5 Å². The van der Waals surface area contributed by atoms with Gasteiger partial charge >= 0.3 is 0 Å². The molecule has 0 saturated heterocycles. The van der Waals surface area contributed by atoms with Crippen molar-refractivity contribution in [2.75, 3.05) is 22.5 Å². The van der Waals surface area contributed by atoms with E-state index in [-0.39, 0.29) is 0 Å². The van der Waals surface area contributed by atoms with Gasteiger partial charge in [0.1, 0.15) is 0 Å². The average molecular weight is 453 g/mol. The molecule has 1 aliphatic heterocycles. The molecule has 3 aromatic rings. The molecule has 0 N–H and O–H groups in total. The SMILES string of the molecule is Cc1ccc(S(=O)(=O)N2CCc3cnc(N(C)[Si](C)(C)C)nc3-c3ccccc32)cc1. The van der Waals surface area contributed by atoms with Crippen LogP contribution in [0.5, 0.6) is 0 Å². The summed E-state index contributed by atoms with van der Waals surface area (Å²) < 4.78 is 30.8. The first-order valence-corrected chi connectivity index (χ1v) is 15.3. The fourth-order valence-corrected chi connectivity index (χ4v) is 5.79. The Morgan fingerprint density at radius 1 is 1.03 bits per heavy atom. The van der Waals surface area contributed by atoms with Crippen molar-refractivity contribution in [3.05, 3.63) is 65.9 Å². The normalized spacial score (nSPS) is 13.9. The summed E-state index contributed by atoms with van der Waals surface area (Å²) in [6, 6.07) is 14.6. The maximum atomic E-state index is 13.6. The number of para-hydroxylation sites is 1. The molecule has 4 rings (SSSR count). The van der Waals surface area contributed by atoms with Crippen LogP contribution in [0.4, 0.5) is 11.6 Å². The van der Waals surface area contributed by atoms with E-state index in [9.17, 15) is 8.42 Å². The largest absolute Gasteiger partial charge is 0.371 e. The summed E-state index contributed by atoms with van der Waals surface area (Å²) in [6.07, 6.45) is 2.40. The molecule has 6 nitrogen and oxygen atoms in total. The first-order valence-electron chi connectivity index (χ1n) is 10.4. The molecular formula is C23H28N4O2SSi. The van der Waals surface area contributed by atoms with E-state index >= 15 is 0 Å². The Morgan fingerprint density at radius 3 is 2.39 bits per heavy atom. The zero-order chi connectivity index (χ0) is 22.4. The number of aromatic nitrogens is 2. The van der Waals surface area contributed by atoms with Crippen LogP contribution in [0.3, 0.4) is 0 Å². The molecule has 0 aliphatic carbocycles. The van der Waals surface area contributed by atoms with E-state index in [2.05, 4.69) is 29.2 Å². The Hall–Kier alpha value is -2.71. The smallest absolute Gasteiger partial charge is 0.264 e. The van der Waals surface area contributed by atoms with Crippen LogP contribution in [0, 0.1) is 6.92 Å². The third kappa shape index (κ3) is 3.97. The van der Waals surface area contributed by atoms with Crippen LogP contribution in [0.15, 0.2) is 59.6 Å². The summed E-state index contributed by atoms with van der Waals surface area (Å²) >= 11 is 0. The van der Waals surface area contributed by atoms with Gasteiger partial charge in [-0.15, -0.1) is 0 Å². The lowest BCUT2D eigenvalue weighted by atomic mass is 10.1. The van der Waals surface area contributed by atoms with Crippen LogP contribution in [-0.4, -0.2) is 40.2 Å². The highest BCUT2D eigenvalue weighted by molar-refractivity contribution is 7.92. The molecule has 0 bridgehead atoms. The van der Waals surface area contributed by atoms with Crippen molar-refractivity contribution in [3.8, 4) is 11.3 Å². The van der Waals surface area contributed by atoms with Crippen molar-refractivity contribution in [1.82, 2.24) is 9.97 Å². The van der Waals surface area contributed by atoms with E-state index < -0.39 is 18.3 Å². The maximum absolute atomic E-state index is 13.6. The molecule has 31 heavy (non-hydrogen) atoms. The van der Waals surface area contributed by atoms with Crippen LogP contribution < -0.4 is 8.87 Å². The highest BCUT2D eigenvalue weighted by Crippen LogP contribution is 2.38. The molecule has 162 valence electrons. The van der Waals surface area contributed by atoms with E-state index in [1.807, 2.05) is 56.6 Å². The van der Waals surface area contributed by atoms with Gasteiger partial charge in [-0.2, -0.15) is 0 Å². The Morgan fingerprint density at radius 2 is 1.71 bits per heavy atom. The molecule has 0 fully saturated rings. The molecular weight excluding hydrogens is 424 g/mol. The lowest BCUT2D eigenvalue weighted by Crippen LogP contribution is -2.44. The van der Waals surface area contributed by atoms with Crippen LogP contribution in [0.1, 0.15) is 11.1 Å². The van der Waals surface area contributed by atoms with Gasteiger partial charge < -0.3 is 4.57 Å². The van der Waals surface area contributed by atoms with Crippen LogP contribution >= 0.6 is 0 Å². The minimum absolute atomic E-state index is 0.295. The summed E-state index contributed by atoms with van der Waals surface area (Å²) in [5.74, 6) is 0.683. The summed E-state index contributed by atoms with van der Waals surface area (Å²) in [5, 5.41) is 0. The second-order valence-electron chi connectivity index (χ2n) is 8.93. The topological polar surface area (TPSA) is 66.4 Å². The summed E-state index contributed by atoms with van der Waals surface area (Å²) in [7, 11) is -3.31. The van der Waals surface area contributed by atoms with Gasteiger partial charge in [-0.1, -0.05) is 55.5 Å². The number of hydrogen-bond donors (Lipinski definition) is 0. The standard InChI is InChI=1S/C23H28N4O2SSi/c1-17-10-12-19(13-11-17)30(28,29)27-15-14-18-16-24-23(26(2)31(3,4)5)25-22(18)20-8-6-7-9-21(20)27/h6-13,16H,14-15H2,1-5H3. The quantitative estimate of drug-likeness (QED) is 0.546. The molecule has 1 aliphatic rings. The van der Waals surface area contributed by atoms with Crippen molar-refractivity contribution in [2.24, 2.45) is 0 Å². The second-order valence-corrected chi connectivity index (χ2v) is 15.8. The van der Waals surface area contributed by atoms with Gasteiger partial charge in [0.05, 0.1) is 16.3 Å². The van der Waals surface area contributed by atoms with Crippen molar-refractivity contribution in [2.45, 2.75) is 37.9 Å². The Bertz CT molecular complexity index is 1220. The number of sulfonamides is 1. The minimum atomic E-state index is -3.70. The fourth-order valence-electron chi connectivity index (χ4n) is 3.60. The minimum Gasteiger partial charge on any atom is -0.371 e. The maximum Gasteiger partial charge on any atom is 0.264 e. The number of rotatable bonds is 4. The molecule has 1 aromatic heterocycles. The van der Waals surface area contributed by atoms with E-state index in [1.54, 1.807) is 12.1 Å². The number of hydrogen-bond acceptors (Lipinski definition) is 5. The highest BCUT2D eigenvalue weighted by atomic mass is 32.2. The van der Waals surface area contributed by atoms with E-state index in [1.165, 1.54) is 4.31 Å². The third-order valence-corrected chi connectivity index (χ3v) is 9.82. The Balaban J connectivity index is 1.85. The second kappa shape index (κ2) is 7.76. The summed E-state index contributed by atoms with van der Waals surface area (Å²) in [4.78, 5) is 9.81. The molecule has 2 aromatic carbocycles. The molecule has 8 heteroatoms. The van der Waals surface area contributed by atoms with Crippen molar-refractivity contribution >= 4 is 29.9 Å². The van der Waals surface area contributed by atoms with Gasteiger partial charge in [-0.25, -0.2) is 18.4 Å². The first kappa shape index (κ1) is 21.5. The van der Waals surface area contributed by atoms with Gasteiger partial charge in [-0.3, -0.25) is 4.31 Å². The van der Waals surface area contributed by atoms with Crippen molar-refractivity contribution in [1.29, 1.82) is 0 Å². The summed E-state index contributed by atoms with van der Waals surface area (Å²) in [5.41, 5.74) is 4.27. The van der Waals surface area contributed by atoms with E-state index in [4.69, 9.17) is 4.98 Å². The third-order valence-electron chi connectivity index (χ3n) is 5.78. The van der Waals surface area contributed by atoms with Crippen LogP contribution in [0.25, 0.3) is 11.3 Å². The molecule has 0 radical (unpaired) electrons. The number of aryl methyl sites for hydroxylation is 1. The predicted molar refractivity (Wildman–Crippen MR) is 129 cm³/mol. The number of benzene rings is 2. The fraction of sp³-hybridized carbons (Fsp3) is 0.304. The monoisotopic (exact) mass is 452 g/mol. The van der Waals surface area contributed by atoms with Crippen molar-refractivity contribution < 1.29 is 8.42 Å². The van der Waals surface area contributed by atoms with Gasteiger partial charge in [0.2, 0.25) is 5.95 Å². The van der Waals surface area contributed by atoms with Gasteiger partial charge in [-0.05, 0) is 37.1 Å². The Labute approximate surface area is 185 Å². The first-order chi connectivity index (χ1) is 14.6. The lowest BCUT2D eigenvalue weighted by Gasteiger charge is -2.30. The van der Waals surface area contributed by atoms with E-state index in [0.717, 1.165) is 22.4 Å². The van der Waals surface area contributed by atoms with Gasteiger partial charge in [0, 0.05) is 25.4 Å². The molecule has 2 heterocycles. The highest BCUT2D eigenvalue weighted by Gasteiger charge is 2.31. The number of fused-ring (bicyclic) bond motifs is 3. The summed E-state index contributed by atoms with van der Waals surface area (Å²) in [6.45, 7) is 9.01. The molecule has 0 saturated carbocycles. The molecule has 0 unspecified atom stereocenters. The molecule has 0 spiro atoms. The number of anilines is 2. The Kier molecular flexibility index (Phi) is 5.39. The lowest BCUT2D eigenvalue weighted by molar-refractivity contribution is 0.591. The molecule has 0 amide bonds. The van der Waals surface area contributed by atoms with Gasteiger partial charge in [0.25, 0.3) is 10.0 Å². The molecule has 0 atom stereocenters.